The molecule has 0 radical (unpaired) electrons. The Morgan fingerprint density at radius 3 is 2.62 bits per heavy atom. The molecule has 3 aromatic rings. The molecule has 0 aliphatic carbocycles. The van der Waals surface area contributed by atoms with Crippen LogP contribution in [0.2, 0.25) is 0 Å². The number of hydrogen-bond donors (Lipinski definition) is 1. The molecule has 0 saturated carbocycles. The fourth-order valence-corrected chi connectivity index (χ4v) is 3.58. The quantitative estimate of drug-likeness (QED) is 0.199. The highest BCUT2D eigenvalue weighted by Gasteiger charge is 2.16. The Labute approximate surface area is 189 Å². The molecule has 0 fully saturated rings. The summed E-state index contributed by atoms with van der Waals surface area (Å²) in [5, 5.41) is 14.7. The largest absolute Gasteiger partial charge is 0.494 e. The molecule has 1 aromatic heterocycles. The normalized spacial score (nSPS) is 11.6. The van der Waals surface area contributed by atoms with E-state index in [-0.39, 0.29) is 5.56 Å². The van der Waals surface area contributed by atoms with Crippen molar-refractivity contribution < 1.29 is 19.5 Å². The number of aromatic carboxylic acids is 1. The average Bonchev–Trinajstić information content (AvgIpc) is 3.17. The summed E-state index contributed by atoms with van der Waals surface area (Å²) < 4.78 is 7.85. The van der Waals surface area contributed by atoms with Crippen molar-refractivity contribution in [3.05, 3.63) is 65.9 Å². The summed E-state index contributed by atoms with van der Waals surface area (Å²) in [7, 11) is 0. The topological polar surface area (TPSA) is 73.0 Å². The van der Waals surface area contributed by atoms with E-state index in [2.05, 4.69) is 12.1 Å². The van der Waals surface area contributed by atoms with Crippen LogP contribution >= 0.6 is 0 Å². The van der Waals surface area contributed by atoms with Gasteiger partial charge >= 0.3 is 5.97 Å². The van der Waals surface area contributed by atoms with Crippen molar-refractivity contribution in [1.82, 2.24) is 4.57 Å². The molecule has 0 amide bonds. The van der Waals surface area contributed by atoms with Gasteiger partial charge in [0.05, 0.1) is 18.7 Å². The Morgan fingerprint density at radius 1 is 1.00 bits per heavy atom. The molecule has 0 saturated heterocycles. The van der Waals surface area contributed by atoms with E-state index in [1.165, 1.54) is 19.3 Å². The van der Waals surface area contributed by atoms with E-state index >= 15 is 0 Å². The van der Waals surface area contributed by atoms with Gasteiger partial charge < -0.3 is 19.2 Å². The van der Waals surface area contributed by atoms with Gasteiger partial charge in [-0.15, -0.1) is 0 Å². The number of para-hydroxylation sites is 1. The summed E-state index contributed by atoms with van der Waals surface area (Å²) in [4.78, 5) is 17.2. The number of benzene rings is 2. The Morgan fingerprint density at radius 2 is 1.84 bits per heavy atom. The highest BCUT2D eigenvalue weighted by Crippen LogP contribution is 2.23. The number of carboxylic acids is 1. The first-order chi connectivity index (χ1) is 15.6. The number of oxime groups is 1. The van der Waals surface area contributed by atoms with Gasteiger partial charge in [-0.25, -0.2) is 4.79 Å². The summed E-state index contributed by atoms with van der Waals surface area (Å²) in [6, 6.07) is 15.3. The Bertz CT molecular complexity index is 1050. The second-order valence-corrected chi connectivity index (χ2v) is 7.80. The van der Waals surface area contributed by atoms with Crippen LogP contribution in [-0.4, -0.2) is 34.6 Å². The van der Waals surface area contributed by atoms with Gasteiger partial charge in [0.25, 0.3) is 0 Å². The van der Waals surface area contributed by atoms with Gasteiger partial charge in [0.15, 0.2) is 0 Å². The Kier molecular flexibility index (Phi) is 8.72. The predicted molar refractivity (Wildman–Crippen MR) is 128 cm³/mol. The van der Waals surface area contributed by atoms with E-state index in [0.29, 0.717) is 30.9 Å². The van der Waals surface area contributed by atoms with Crippen molar-refractivity contribution in [2.24, 2.45) is 5.16 Å². The van der Waals surface area contributed by atoms with Gasteiger partial charge in [0, 0.05) is 22.7 Å². The molecular weight excluding hydrogens is 404 g/mol. The lowest BCUT2D eigenvalue weighted by molar-refractivity contribution is 0.0699. The van der Waals surface area contributed by atoms with Crippen molar-refractivity contribution in [3.8, 4) is 5.75 Å². The first-order valence-corrected chi connectivity index (χ1v) is 11.4. The fraction of sp³-hybridized carbons (Fsp3) is 0.385. The predicted octanol–water partition coefficient (Wildman–Crippen LogP) is 6.13. The lowest BCUT2D eigenvalue weighted by atomic mass is 10.1. The Hall–Kier alpha value is -3.28. The summed E-state index contributed by atoms with van der Waals surface area (Å²) >= 11 is 0. The van der Waals surface area contributed by atoms with Gasteiger partial charge in [-0.1, -0.05) is 68.6 Å². The monoisotopic (exact) mass is 436 g/mol. The van der Waals surface area contributed by atoms with Crippen LogP contribution in [0.25, 0.3) is 10.9 Å². The minimum absolute atomic E-state index is 0.276. The van der Waals surface area contributed by atoms with Crippen molar-refractivity contribution in [2.75, 3.05) is 13.2 Å². The van der Waals surface area contributed by atoms with Crippen LogP contribution < -0.4 is 4.74 Å². The maximum atomic E-state index is 11.7. The number of nitrogens with zero attached hydrogens (tertiary/aromatic N) is 2. The summed E-state index contributed by atoms with van der Waals surface area (Å²) in [5.41, 5.74) is 2.73. The zero-order valence-corrected chi connectivity index (χ0v) is 18.9. The number of fused-ring (bicyclic) bond motifs is 1. The van der Waals surface area contributed by atoms with Crippen LogP contribution in [-0.2, 0) is 11.4 Å². The van der Waals surface area contributed by atoms with Crippen LogP contribution in [0.4, 0.5) is 0 Å². The molecule has 3 rings (SSSR count). The SMILES string of the molecule is CCCCCCOc1cccc(/C(Cn2cc(C(=O)O)c3ccccc32)=N/OCCC)c1. The molecule has 0 aliphatic rings. The molecule has 0 unspecified atom stereocenters. The third-order valence-corrected chi connectivity index (χ3v) is 5.24. The van der Waals surface area contributed by atoms with Crippen molar-refractivity contribution in [1.29, 1.82) is 0 Å². The lowest BCUT2D eigenvalue weighted by Gasteiger charge is -2.12. The lowest BCUT2D eigenvalue weighted by Crippen LogP contribution is -2.12. The number of ether oxygens (including phenoxy) is 1. The smallest absolute Gasteiger partial charge is 0.337 e. The maximum absolute atomic E-state index is 11.7. The number of aromatic nitrogens is 1. The molecular formula is C26H32N2O4. The third kappa shape index (κ3) is 6.13. The van der Waals surface area contributed by atoms with Gasteiger partial charge in [0.1, 0.15) is 18.1 Å². The van der Waals surface area contributed by atoms with E-state index in [4.69, 9.17) is 9.57 Å². The first-order valence-electron chi connectivity index (χ1n) is 11.4. The highest BCUT2D eigenvalue weighted by molar-refractivity contribution is 6.05. The highest BCUT2D eigenvalue weighted by atomic mass is 16.6. The maximum Gasteiger partial charge on any atom is 0.337 e. The number of unbranched alkanes of at least 4 members (excludes halogenated alkanes) is 3. The van der Waals surface area contributed by atoms with E-state index in [1.807, 2.05) is 60.0 Å². The van der Waals surface area contributed by atoms with Crippen LogP contribution in [0, 0.1) is 0 Å². The fourth-order valence-electron chi connectivity index (χ4n) is 3.58. The second kappa shape index (κ2) is 11.9. The number of rotatable bonds is 13. The van der Waals surface area contributed by atoms with E-state index in [1.54, 1.807) is 6.20 Å². The molecule has 32 heavy (non-hydrogen) atoms. The minimum atomic E-state index is -0.945. The molecule has 1 heterocycles. The van der Waals surface area contributed by atoms with Crippen LogP contribution in [0.5, 0.6) is 5.75 Å². The van der Waals surface area contributed by atoms with Crippen LogP contribution in [0.15, 0.2) is 59.9 Å². The standard InChI is InChI=1S/C26H32N2O4/c1-3-5-6-9-16-31-21-12-10-11-20(17-21)24(27-32-15-4-2)19-28-18-23(26(29)30)22-13-7-8-14-25(22)28/h7-8,10-14,17-18H,3-6,9,15-16,19H2,1-2H3,(H,29,30)/b27-24+. The zero-order valence-electron chi connectivity index (χ0n) is 18.9. The van der Waals surface area contributed by atoms with Crippen molar-refractivity contribution in [3.63, 3.8) is 0 Å². The Balaban J connectivity index is 1.85. The van der Waals surface area contributed by atoms with Crippen LogP contribution in [0.3, 0.4) is 0 Å². The molecule has 6 nitrogen and oxygen atoms in total. The summed E-state index contributed by atoms with van der Waals surface area (Å²) in [6.45, 7) is 5.81. The molecule has 170 valence electrons. The molecule has 0 spiro atoms. The first kappa shape index (κ1) is 23.4. The van der Waals surface area contributed by atoms with E-state index < -0.39 is 5.97 Å². The average molecular weight is 437 g/mol. The van der Waals surface area contributed by atoms with E-state index in [0.717, 1.165) is 29.7 Å². The molecule has 2 aromatic carbocycles. The van der Waals surface area contributed by atoms with Crippen LogP contribution in [0.1, 0.15) is 61.9 Å². The number of carbonyl (C=O) groups is 1. The number of carboxylic acid groups (broad SMARTS) is 1. The van der Waals surface area contributed by atoms with Gasteiger partial charge in [-0.05, 0) is 31.0 Å². The third-order valence-electron chi connectivity index (χ3n) is 5.24. The molecule has 0 atom stereocenters. The van der Waals surface area contributed by atoms with Gasteiger partial charge in [0.2, 0.25) is 0 Å². The molecule has 0 bridgehead atoms. The van der Waals surface area contributed by atoms with Gasteiger partial charge in [-0.3, -0.25) is 0 Å². The van der Waals surface area contributed by atoms with Crippen molar-refractivity contribution >= 4 is 22.6 Å². The van der Waals surface area contributed by atoms with Gasteiger partial charge in [-0.2, -0.15) is 0 Å². The summed E-state index contributed by atoms with van der Waals surface area (Å²) in [6.07, 6.45) is 7.14. The molecule has 6 heteroatoms. The molecule has 1 N–H and O–H groups in total. The molecule has 0 aliphatic heterocycles. The van der Waals surface area contributed by atoms with Crippen molar-refractivity contribution in [2.45, 2.75) is 52.5 Å². The minimum Gasteiger partial charge on any atom is -0.494 e. The van der Waals surface area contributed by atoms with E-state index in [9.17, 15) is 9.90 Å². The second-order valence-electron chi connectivity index (χ2n) is 7.80. The summed E-state index contributed by atoms with van der Waals surface area (Å²) in [5.74, 6) is -0.148. The zero-order chi connectivity index (χ0) is 22.8. The number of hydrogen-bond acceptors (Lipinski definition) is 4.